The Morgan fingerprint density at radius 3 is 2.38 bits per heavy atom. The van der Waals surface area contributed by atoms with Gasteiger partial charge in [0.05, 0.1) is 20.3 Å². The first kappa shape index (κ1) is 24.1. The van der Waals surface area contributed by atoms with Crippen LogP contribution in [0.2, 0.25) is 0 Å². The highest BCUT2D eigenvalue weighted by molar-refractivity contribution is 6.11. The number of quaternary nitrogens is 1. The molecule has 0 fully saturated rings. The number of nitrogens with one attached hydrogen (secondary N) is 1. The number of methoxy groups -OCH3 is 2. The number of ether oxygens (including phenoxy) is 2. The van der Waals surface area contributed by atoms with Gasteiger partial charge in [-0.1, -0.05) is 30.3 Å². The Bertz CT molecular complexity index is 1470. The molecule has 1 aliphatic rings. The van der Waals surface area contributed by atoms with E-state index in [2.05, 4.69) is 20.3 Å². The topological polar surface area (TPSA) is 112 Å². The van der Waals surface area contributed by atoms with E-state index in [1.54, 1.807) is 69.2 Å². The first-order valence-corrected chi connectivity index (χ1v) is 11.7. The van der Waals surface area contributed by atoms with Crippen LogP contribution in [0.5, 0.6) is 11.5 Å². The Balaban J connectivity index is 1.42. The zero-order valence-electron chi connectivity index (χ0n) is 20.8. The Labute approximate surface area is 214 Å². The quantitative estimate of drug-likeness (QED) is 0.199. The minimum absolute atomic E-state index is 0.00557. The molecule has 3 N–H and O–H groups in total. The van der Waals surface area contributed by atoms with Gasteiger partial charge in [-0.05, 0) is 36.8 Å². The molecule has 0 radical (unpaired) electrons. The van der Waals surface area contributed by atoms with Crippen LogP contribution in [-0.2, 0) is 0 Å². The van der Waals surface area contributed by atoms with Crippen molar-refractivity contribution in [2.45, 2.75) is 13.0 Å². The van der Waals surface area contributed by atoms with Gasteiger partial charge >= 0.3 is 0 Å². The number of anilines is 1. The van der Waals surface area contributed by atoms with E-state index < -0.39 is 0 Å². The highest BCUT2D eigenvalue weighted by Gasteiger charge is 2.38. The van der Waals surface area contributed by atoms with Gasteiger partial charge < -0.3 is 14.8 Å². The summed E-state index contributed by atoms with van der Waals surface area (Å²) < 4.78 is 10.4. The number of fused-ring (bicyclic) bond motifs is 1. The molecule has 3 aromatic carbocycles. The maximum absolute atomic E-state index is 13.2. The number of nitrogens with zero attached hydrogens (tertiary/aromatic N) is 4. The average Bonchev–Trinajstić information content (AvgIpc) is 3.29. The molecule has 0 amide bonds. The molecule has 9 heteroatoms. The summed E-state index contributed by atoms with van der Waals surface area (Å²) in [5.41, 5.74) is 3.33. The molecule has 0 aliphatic carbocycles. The largest absolute Gasteiger partial charge is 0.497 e. The summed E-state index contributed by atoms with van der Waals surface area (Å²) in [6.45, 7) is 2.04. The number of hydrogen-bond acceptors (Lipinski definition) is 8. The lowest BCUT2D eigenvalue weighted by Gasteiger charge is -2.23. The van der Waals surface area contributed by atoms with Crippen molar-refractivity contribution in [3.63, 3.8) is 0 Å². The number of carbonyl (C=O) groups excluding carboxylic acids is 1. The average molecular weight is 496 g/mol. The van der Waals surface area contributed by atoms with Gasteiger partial charge in [-0.2, -0.15) is 15.8 Å². The third-order valence-electron chi connectivity index (χ3n) is 6.29. The fraction of sp³-hybridized carbons (Fsp3) is 0.143. The Morgan fingerprint density at radius 2 is 1.68 bits per heavy atom. The van der Waals surface area contributed by atoms with Gasteiger partial charge in [-0.3, -0.25) is 4.79 Å². The molecular weight excluding hydrogens is 468 g/mol. The van der Waals surface area contributed by atoms with Gasteiger partial charge in [0.15, 0.2) is 11.5 Å². The first-order chi connectivity index (χ1) is 17.9. The van der Waals surface area contributed by atoms with Crippen LogP contribution in [0.4, 0.5) is 23.1 Å². The highest BCUT2D eigenvalue weighted by atomic mass is 16.5. The molecule has 37 heavy (non-hydrogen) atoms. The van der Waals surface area contributed by atoms with Crippen LogP contribution in [0.3, 0.4) is 0 Å². The summed E-state index contributed by atoms with van der Waals surface area (Å²) >= 11 is 0. The molecule has 2 heterocycles. The smallest absolute Gasteiger partial charge is 0.263 e. The number of hydrogen-bond donors (Lipinski definition) is 2. The maximum atomic E-state index is 13.2. The number of aliphatic imine (C=N–C) groups is 1. The molecule has 0 saturated carbocycles. The van der Waals surface area contributed by atoms with Crippen LogP contribution in [0.1, 0.15) is 34.5 Å². The normalized spacial score (nSPS) is 16.6. The van der Waals surface area contributed by atoms with Crippen LogP contribution in [0.15, 0.2) is 84.0 Å². The number of rotatable bonds is 8. The van der Waals surface area contributed by atoms with Crippen LogP contribution in [0, 0.1) is 0 Å². The predicted octanol–water partition coefficient (Wildman–Crippen LogP) is 5.08. The van der Waals surface area contributed by atoms with Gasteiger partial charge in [-0.15, -0.1) is 4.59 Å². The second kappa shape index (κ2) is 9.81. The van der Waals surface area contributed by atoms with E-state index in [-0.39, 0.29) is 16.4 Å². The molecule has 1 aliphatic heterocycles. The molecule has 186 valence electrons. The molecule has 4 aromatic rings. The van der Waals surface area contributed by atoms with E-state index in [1.165, 1.54) is 0 Å². The van der Waals surface area contributed by atoms with Crippen LogP contribution < -0.4 is 25.2 Å². The van der Waals surface area contributed by atoms with Crippen molar-refractivity contribution >= 4 is 35.3 Å². The molecule has 0 saturated heterocycles. The van der Waals surface area contributed by atoms with E-state index in [9.17, 15) is 4.79 Å². The summed E-state index contributed by atoms with van der Waals surface area (Å²) in [4.78, 5) is 26.8. The Morgan fingerprint density at radius 1 is 0.946 bits per heavy atom. The monoisotopic (exact) mass is 495 g/mol. The predicted molar refractivity (Wildman–Crippen MR) is 144 cm³/mol. The van der Waals surface area contributed by atoms with Crippen molar-refractivity contribution in [3.8, 4) is 11.5 Å². The maximum Gasteiger partial charge on any atom is 0.263 e. The number of aromatic nitrogens is 2. The second-order valence-corrected chi connectivity index (χ2v) is 8.67. The van der Waals surface area contributed by atoms with E-state index >= 15 is 0 Å². The van der Waals surface area contributed by atoms with Crippen molar-refractivity contribution < 1.29 is 14.3 Å². The standard InChI is InChI=1S/C28H27N6O3/c1-18(19-7-5-4-6-8-19)32-28-30-12-11-26(33-28)34(29)17-31-24-15-20(9-10-25(24)34)27(35)21-13-22(36-2)16-23(14-21)37-3/h4-18H,29H2,1-3H3,(H,30,32,33)/q+1. The lowest BCUT2D eigenvalue weighted by atomic mass is 10.0. The summed E-state index contributed by atoms with van der Waals surface area (Å²) in [6.07, 6.45) is 3.26. The van der Waals surface area contributed by atoms with Crippen molar-refractivity contribution in [2.24, 2.45) is 10.8 Å². The fourth-order valence-electron chi connectivity index (χ4n) is 4.23. The third kappa shape index (κ3) is 4.65. The Hall–Kier alpha value is -4.60. The molecule has 0 spiro atoms. The fourth-order valence-corrected chi connectivity index (χ4v) is 4.23. The van der Waals surface area contributed by atoms with Crippen LogP contribution in [0.25, 0.3) is 0 Å². The summed E-state index contributed by atoms with van der Waals surface area (Å²) in [5, 5.41) is 3.33. The second-order valence-electron chi connectivity index (χ2n) is 8.67. The lowest BCUT2D eigenvalue weighted by molar-refractivity contribution is 0.103. The van der Waals surface area contributed by atoms with Gasteiger partial charge in [0.1, 0.15) is 17.2 Å². The van der Waals surface area contributed by atoms with E-state index in [0.717, 1.165) is 5.56 Å². The van der Waals surface area contributed by atoms with Gasteiger partial charge in [0, 0.05) is 35.5 Å². The third-order valence-corrected chi connectivity index (χ3v) is 6.29. The molecule has 0 bridgehead atoms. The first-order valence-electron chi connectivity index (χ1n) is 11.7. The van der Waals surface area contributed by atoms with Gasteiger partial charge in [0.25, 0.3) is 5.82 Å². The van der Waals surface area contributed by atoms with Gasteiger partial charge in [0.2, 0.25) is 12.3 Å². The Kier molecular flexibility index (Phi) is 6.39. The molecule has 2 atom stereocenters. The van der Waals surface area contributed by atoms with Crippen LogP contribution in [-0.4, -0.2) is 36.3 Å². The number of benzene rings is 3. The molecular formula is C28H27N6O3+. The van der Waals surface area contributed by atoms with Crippen molar-refractivity contribution in [3.05, 3.63) is 95.7 Å². The summed E-state index contributed by atoms with van der Waals surface area (Å²) in [5.74, 6) is 8.66. The molecule has 2 unspecified atom stereocenters. The molecule has 5 rings (SSSR count). The summed E-state index contributed by atoms with van der Waals surface area (Å²) in [6, 6.07) is 22.1. The number of ketones is 1. The minimum atomic E-state index is -0.242. The van der Waals surface area contributed by atoms with Crippen molar-refractivity contribution in [2.75, 3.05) is 19.5 Å². The highest BCUT2D eigenvalue weighted by Crippen LogP contribution is 2.41. The van der Waals surface area contributed by atoms with Crippen LogP contribution >= 0.6 is 0 Å². The van der Waals surface area contributed by atoms with Crippen molar-refractivity contribution in [1.82, 2.24) is 14.6 Å². The van der Waals surface area contributed by atoms with E-state index in [0.29, 0.717) is 45.8 Å². The summed E-state index contributed by atoms with van der Waals surface area (Å²) in [7, 11) is 3.09. The van der Waals surface area contributed by atoms with E-state index in [1.807, 2.05) is 37.3 Å². The number of carbonyl (C=O) groups is 1. The van der Waals surface area contributed by atoms with Gasteiger partial charge in [-0.25, -0.2) is 4.98 Å². The van der Waals surface area contributed by atoms with Crippen molar-refractivity contribution in [1.29, 1.82) is 0 Å². The zero-order valence-corrected chi connectivity index (χ0v) is 20.8. The molecule has 1 aromatic heterocycles. The SMILES string of the molecule is COc1cc(OC)cc(C(=O)c2ccc3c(c2)N=C[N+]3(N)c2ccnc(NC(C)c3ccccc3)n2)c1. The van der Waals surface area contributed by atoms with E-state index in [4.69, 9.17) is 15.3 Å². The molecule has 9 nitrogen and oxygen atoms in total. The number of nitrogens with two attached hydrogens (primary N) is 1. The lowest BCUT2D eigenvalue weighted by Crippen LogP contribution is -2.49. The zero-order chi connectivity index (χ0) is 26.0. The minimum Gasteiger partial charge on any atom is -0.497 e.